The molecule has 0 N–H and O–H groups in total. The number of hydrogen-bond acceptors (Lipinski definition) is 4. The second-order valence-electron chi connectivity index (χ2n) is 5.79. The van der Waals surface area contributed by atoms with E-state index in [2.05, 4.69) is 0 Å². The molecule has 2 aromatic rings. The van der Waals surface area contributed by atoms with Crippen LogP contribution in [0, 0.1) is 0 Å². The van der Waals surface area contributed by atoms with Crippen LogP contribution in [0.2, 0.25) is 5.02 Å². The van der Waals surface area contributed by atoms with E-state index in [0.717, 1.165) is 16.0 Å². The molecular formula is C19H18ClNO3S. The summed E-state index contributed by atoms with van der Waals surface area (Å²) >= 11 is 7.42. The Morgan fingerprint density at radius 3 is 2.80 bits per heavy atom. The summed E-state index contributed by atoms with van der Waals surface area (Å²) in [6, 6.07) is 15.1. The van der Waals surface area contributed by atoms with Crippen LogP contribution in [0.3, 0.4) is 0 Å². The monoisotopic (exact) mass is 375 g/mol. The average Bonchev–Trinajstić information content (AvgIpc) is 2.64. The van der Waals surface area contributed by atoms with E-state index in [1.807, 2.05) is 42.5 Å². The molecule has 1 amide bonds. The van der Waals surface area contributed by atoms with Gasteiger partial charge in [-0.15, -0.1) is 11.8 Å². The van der Waals surface area contributed by atoms with E-state index in [9.17, 15) is 9.59 Å². The number of amides is 1. The van der Waals surface area contributed by atoms with E-state index in [0.29, 0.717) is 23.9 Å². The highest BCUT2D eigenvalue weighted by Crippen LogP contribution is 2.30. The summed E-state index contributed by atoms with van der Waals surface area (Å²) in [6.45, 7) is 0.858. The summed E-state index contributed by atoms with van der Waals surface area (Å²) in [7, 11) is 1.38. The minimum absolute atomic E-state index is 0.00613. The van der Waals surface area contributed by atoms with Gasteiger partial charge >= 0.3 is 5.97 Å². The zero-order valence-corrected chi connectivity index (χ0v) is 15.3. The first-order chi connectivity index (χ1) is 12.1. The highest BCUT2D eigenvalue weighted by Gasteiger charge is 2.32. The molecule has 1 heterocycles. The molecule has 0 fully saturated rings. The van der Waals surface area contributed by atoms with E-state index in [4.69, 9.17) is 16.3 Å². The van der Waals surface area contributed by atoms with Gasteiger partial charge in [-0.25, -0.2) is 0 Å². The number of methoxy groups -OCH3 is 1. The largest absolute Gasteiger partial charge is 0.468 e. The van der Waals surface area contributed by atoms with E-state index in [1.54, 1.807) is 11.0 Å². The Balaban J connectivity index is 1.72. The Hall–Kier alpha value is -1.98. The van der Waals surface area contributed by atoms with Crippen molar-refractivity contribution in [3.8, 4) is 0 Å². The van der Waals surface area contributed by atoms with E-state index >= 15 is 0 Å². The van der Waals surface area contributed by atoms with Crippen molar-refractivity contribution in [2.24, 2.45) is 0 Å². The van der Waals surface area contributed by atoms with Gasteiger partial charge in [0.25, 0.3) is 0 Å². The average molecular weight is 376 g/mol. The molecule has 0 aromatic heterocycles. The van der Waals surface area contributed by atoms with Gasteiger partial charge in [0.15, 0.2) is 0 Å². The topological polar surface area (TPSA) is 46.6 Å². The van der Waals surface area contributed by atoms with Crippen molar-refractivity contribution in [1.29, 1.82) is 0 Å². The summed E-state index contributed by atoms with van der Waals surface area (Å²) in [6.07, 6.45) is 0. The van der Waals surface area contributed by atoms with Gasteiger partial charge in [0.2, 0.25) is 5.91 Å². The van der Waals surface area contributed by atoms with Crippen molar-refractivity contribution in [1.82, 2.24) is 4.90 Å². The van der Waals surface area contributed by atoms with Crippen LogP contribution in [0.4, 0.5) is 0 Å². The van der Waals surface area contributed by atoms with Crippen LogP contribution < -0.4 is 0 Å². The van der Waals surface area contributed by atoms with Crippen LogP contribution in [-0.2, 0) is 20.9 Å². The lowest BCUT2D eigenvalue weighted by Gasteiger charge is -2.33. The van der Waals surface area contributed by atoms with Crippen molar-refractivity contribution in [2.75, 3.05) is 19.4 Å². The van der Waals surface area contributed by atoms with Crippen molar-refractivity contribution < 1.29 is 14.3 Å². The maximum Gasteiger partial charge on any atom is 0.314 e. The van der Waals surface area contributed by atoms with Crippen molar-refractivity contribution in [3.63, 3.8) is 0 Å². The molecule has 0 radical (unpaired) electrons. The number of benzene rings is 2. The summed E-state index contributed by atoms with van der Waals surface area (Å²) < 4.78 is 4.92. The van der Waals surface area contributed by atoms with E-state index in [1.165, 1.54) is 18.9 Å². The van der Waals surface area contributed by atoms with Crippen LogP contribution in [0.5, 0.6) is 0 Å². The molecule has 25 heavy (non-hydrogen) atoms. The molecule has 2 aromatic carbocycles. The van der Waals surface area contributed by atoms with E-state index < -0.39 is 5.92 Å². The third-order valence-electron chi connectivity index (χ3n) is 4.19. The number of fused-ring (bicyclic) bond motifs is 1. The highest BCUT2D eigenvalue weighted by atomic mass is 35.5. The Bertz CT molecular complexity index is 796. The molecule has 3 rings (SSSR count). The smallest absolute Gasteiger partial charge is 0.314 e. The number of hydrogen-bond donors (Lipinski definition) is 0. The lowest BCUT2D eigenvalue weighted by molar-refractivity contribution is -0.144. The second kappa shape index (κ2) is 7.93. The quantitative estimate of drug-likeness (QED) is 0.603. The summed E-state index contributed by atoms with van der Waals surface area (Å²) in [4.78, 5) is 27.4. The predicted octanol–water partition coefficient (Wildman–Crippen LogP) is 3.73. The Labute approximate surface area is 156 Å². The summed E-state index contributed by atoms with van der Waals surface area (Å²) in [5, 5.41) is 0.648. The number of nitrogens with zero attached hydrogens (tertiary/aromatic N) is 1. The van der Waals surface area contributed by atoms with E-state index in [-0.39, 0.29) is 11.9 Å². The fourth-order valence-corrected chi connectivity index (χ4v) is 4.05. The molecule has 0 spiro atoms. The first-order valence-corrected chi connectivity index (χ1v) is 9.26. The third kappa shape index (κ3) is 4.17. The molecule has 130 valence electrons. The van der Waals surface area contributed by atoms with Gasteiger partial charge in [-0.2, -0.15) is 0 Å². The SMILES string of the molecule is COC(=O)C1CN(C(=O)CSc2cccc(Cl)c2)Cc2ccccc21. The minimum Gasteiger partial charge on any atom is -0.468 e. The van der Waals surface area contributed by atoms with Crippen LogP contribution in [0.15, 0.2) is 53.4 Å². The molecule has 1 unspecified atom stereocenters. The van der Waals surface area contributed by atoms with Gasteiger partial charge in [-0.3, -0.25) is 9.59 Å². The molecule has 1 aliphatic rings. The van der Waals surface area contributed by atoms with Crippen molar-refractivity contribution in [3.05, 3.63) is 64.7 Å². The Morgan fingerprint density at radius 2 is 2.04 bits per heavy atom. The van der Waals surface area contributed by atoms with Gasteiger partial charge in [-0.1, -0.05) is 41.9 Å². The lowest BCUT2D eigenvalue weighted by atomic mass is 9.90. The number of halogens is 1. The number of esters is 1. The van der Waals surface area contributed by atoms with Gasteiger partial charge in [0.05, 0.1) is 18.8 Å². The van der Waals surface area contributed by atoms with Gasteiger partial charge in [-0.05, 0) is 29.3 Å². The fraction of sp³-hybridized carbons (Fsp3) is 0.263. The van der Waals surface area contributed by atoms with Gasteiger partial charge < -0.3 is 9.64 Å². The number of carbonyl (C=O) groups excluding carboxylic acids is 2. The van der Waals surface area contributed by atoms with Crippen LogP contribution in [-0.4, -0.2) is 36.2 Å². The molecule has 4 nitrogen and oxygen atoms in total. The fourth-order valence-electron chi connectivity index (χ4n) is 2.93. The number of thioether (sulfide) groups is 1. The molecule has 0 aliphatic carbocycles. The summed E-state index contributed by atoms with van der Waals surface area (Å²) in [5.41, 5.74) is 1.94. The van der Waals surface area contributed by atoms with Crippen LogP contribution in [0.1, 0.15) is 17.0 Å². The van der Waals surface area contributed by atoms with Crippen LogP contribution >= 0.6 is 23.4 Å². The van der Waals surface area contributed by atoms with Crippen molar-refractivity contribution in [2.45, 2.75) is 17.4 Å². The maximum atomic E-state index is 12.6. The maximum absolute atomic E-state index is 12.6. The first kappa shape index (κ1) is 17.8. The number of ether oxygens (including phenoxy) is 1. The molecule has 0 saturated carbocycles. The minimum atomic E-state index is -0.435. The molecular weight excluding hydrogens is 358 g/mol. The lowest BCUT2D eigenvalue weighted by Crippen LogP contribution is -2.41. The predicted molar refractivity (Wildman–Crippen MR) is 98.8 cm³/mol. The Kier molecular flexibility index (Phi) is 5.66. The third-order valence-corrected chi connectivity index (χ3v) is 5.41. The molecule has 1 aliphatic heterocycles. The Morgan fingerprint density at radius 1 is 1.24 bits per heavy atom. The zero-order valence-electron chi connectivity index (χ0n) is 13.8. The zero-order chi connectivity index (χ0) is 17.8. The normalized spacial score (nSPS) is 16.2. The molecule has 0 bridgehead atoms. The molecule has 1 atom stereocenters. The summed E-state index contributed by atoms with van der Waals surface area (Å²) in [5.74, 6) is -0.452. The molecule has 6 heteroatoms. The number of rotatable bonds is 4. The van der Waals surface area contributed by atoms with Gasteiger partial charge in [0, 0.05) is 23.0 Å². The van der Waals surface area contributed by atoms with Crippen LogP contribution in [0.25, 0.3) is 0 Å². The first-order valence-electron chi connectivity index (χ1n) is 7.90. The number of carbonyl (C=O) groups is 2. The van der Waals surface area contributed by atoms with Gasteiger partial charge in [0.1, 0.15) is 0 Å². The highest BCUT2D eigenvalue weighted by molar-refractivity contribution is 8.00. The second-order valence-corrected chi connectivity index (χ2v) is 7.28. The molecule has 0 saturated heterocycles. The standard InChI is InChI=1S/C19H18ClNO3S/c1-24-19(23)17-11-21(10-13-5-2-3-8-16(13)17)18(22)12-25-15-7-4-6-14(20)9-15/h2-9,17H,10-12H2,1H3. The van der Waals surface area contributed by atoms with Crippen molar-refractivity contribution >= 4 is 35.2 Å².